The Morgan fingerprint density at radius 1 is 1.19 bits per heavy atom. The predicted molar refractivity (Wildman–Crippen MR) is 111 cm³/mol. The second-order valence-electron chi connectivity index (χ2n) is 7.16. The molecule has 1 heterocycles. The van der Waals surface area contributed by atoms with Crippen LogP contribution in [0.1, 0.15) is 51.0 Å². The smallest absolute Gasteiger partial charge is 0.142 e. The Kier molecular flexibility index (Phi) is 7.07. The van der Waals surface area contributed by atoms with E-state index in [1.807, 2.05) is 12.1 Å². The summed E-state index contributed by atoms with van der Waals surface area (Å²) in [5, 5.41) is 0.122. The summed E-state index contributed by atoms with van der Waals surface area (Å²) in [6.45, 7) is 2.21. The number of pyridine rings is 1. The summed E-state index contributed by atoms with van der Waals surface area (Å²) in [7, 11) is 0. The van der Waals surface area contributed by atoms with Crippen molar-refractivity contribution in [2.45, 2.75) is 45.4 Å². The van der Waals surface area contributed by atoms with Gasteiger partial charge in [-0.3, -0.25) is 4.98 Å². The third kappa shape index (κ3) is 5.68. The van der Waals surface area contributed by atoms with Gasteiger partial charge in [0.25, 0.3) is 0 Å². The lowest BCUT2D eigenvalue weighted by Gasteiger charge is -2.23. The zero-order chi connectivity index (χ0) is 19.1. The van der Waals surface area contributed by atoms with E-state index in [2.05, 4.69) is 35.9 Å². The van der Waals surface area contributed by atoms with Crippen molar-refractivity contribution in [3.8, 4) is 23.1 Å². The lowest BCUT2D eigenvalue weighted by atomic mass is 9.82. The molecule has 0 saturated heterocycles. The molecule has 0 amide bonds. The molecule has 1 fully saturated rings. The summed E-state index contributed by atoms with van der Waals surface area (Å²) >= 11 is 5.73. The van der Waals surface area contributed by atoms with Crippen LogP contribution in [0.3, 0.4) is 0 Å². The van der Waals surface area contributed by atoms with E-state index < -0.39 is 5.82 Å². The Hall–Kier alpha value is -2.11. The molecule has 0 bridgehead atoms. The van der Waals surface area contributed by atoms with Gasteiger partial charge < -0.3 is 0 Å². The average Bonchev–Trinajstić information content (AvgIpc) is 2.70. The molecule has 2 aromatic rings. The van der Waals surface area contributed by atoms with Crippen molar-refractivity contribution in [3.63, 3.8) is 0 Å². The molecule has 0 unspecified atom stereocenters. The molecular weight excluding hydrogens is 357 g/mol. The van der Waals surface area contributed by atoms with E-state index in [1.54, 1.807) is 18.3 Å². The molecule has 140 valence electrons. The summed E-state index contributed by atoms with van der Waals surface area (Å²) in [4.78, 5) is 4.42. The molecule has 0 N–H and O–H groups in total. The second kappa shape index (κ2) is 9.72. The standard InChI is InChI=1S/C24H25ClFN/c1-2-3-4-5-18-6-8-19(9-7-18)10-11-20-12-15-24(27-17-20)21-13-14-22(25)23(26)16-21/h4-5,12-19H,2-3,6-9H2,1H3/b5-4+/t18-,19-. The maximum Gasteiger partial charge on any atom is 0.142 e. The Morgan fingerprint density at radius 2 is 2.00 bits per heavy atom. The first kappa shape index (κ1) is 19.6. The molecule has 0 aliphatic heterocycles. The van der Waals surface area contributed by atoms with Crippen LogP contribution in [0.15, 0.2) is 48.7 Å². The normalized spacial score (nSPS) is 19.7. The Balaban J connectivity index is 1.57. The van der Waals surface area contributed by atoms with E-state index in [4.69, 9.17) is 11.6 Å². The first-order valence-electron chi connectivity index (χ1n) is 9.75. The number of hydrogen-bond donors (Lipinski definition) is 0. The summed E-state index contributed by atoms with van der Waals surface area (Å²) < 4.78 is 13.6. The topological polar surface area (TPSA) is 12.9 Å². The fraction of sp³-hybridized carbons (Fsp3) is 0.375. The molecule has 0 radical (unpaired) electrons. The van der Waals surface area contributed by atoms with Gasteiger partial charge in [-0.2, -0.15) is 0 Å². The Labute approximate surface area is 166 Å². The van der Waals surface area contributed by atoms with Crippen LogP contribution in [-0.2, 0) is 0 Å². The molecular formula is C24H25ClFN. The minimum Gasteiger partial charge on any atom is -0.255 e. The number of rotatable bonds is 4. The van der Waals surface area contributed by atoms with Crippen LogP contribution in [0.5, 0.6) is 0 Å². The number of nitrogens with zero attached hydrogens (tertiary/aromatic N) is 1. The van der Waals surface area contributed by atoms with Gasteiger partial charge in [0.15, 0.2) is 0 Å². The molecule has 3 rings (SSSR count). The van der Waals surface area contributed by atoms with Crippen molar-refractivity contribution in [2.24, 2.45) is 11.8 Å². The van der Waals surface area contributed by atoms with Gasteiger partial charge in [0.1, 0.15) is 5.82 Å². The van der Waals surface area contributed by atoms with Crippen molar-refractivity contribution in [1.82, 2.24) is 4.98 Å². The van der Waals surface area contributed by atoms with Crippen molar-refractivity contribution in [1.29, 1.82) is 0 Å². The van der Waals surface area contributed by atoms with Crippen LogP contribution in [0.2, 0.25) is 5.02 Å². The van der Waals surface area contributed by atoms with Crippen LogP contribution in [-0.4, -0.2) is 4.98 Å². The van der Waals surface area contributed by atoms with Crippen LogP contribution in [0.4, 0.5) is 4.39 Å². The van der Waals surface area contributed by atoms with Gasteiger partial charge in [-0.1, -0.05) is 55.0 Å². The zero-order valence-electron chi connectivity index (χ0n) is 15.7. The molecule has 1 saturated carbocycles. The predicted octanol–water partition coefficient (Wildman–Crippen LogP) is 7.06. The van der Waals surface area contributed by atoms with Gasteiger partial charge in [0.2, 0.25) is 0 Å². The molecule has 3 heteroatoms. The van der Waals surface area contributed by atoms with Crippen molar-refractivity contribution < 1.29 is 4.39 Å². The molecule has 27 heavy (non-hydrogen) atoms. The fourth-order valence-corrected chi connectivity index (χ4v) is 3.51. The highest BCUT2D eigenvalue weighted by molar-refractivity contribution is 6.30. The number of benzene rings is 1. The van der Waals surface area contributed by atoms with E-state index in [0.29, 0.717) is 11.5 Å². The van der Waals surface area contributed by atoms with Crippen LogP contribution in [0.25, 0.3) is 11.3 Å². The largest absolute Gasteiger partial charge is 0.255 e. The number of halogens is 2. The van der Waals surface area contributed by atoms with Gasteiger partial charge in [-0.15, -0.1) is 0 Å². The Morgan fingerprint density at radius 3 is 2.67 bits per heavy atom. The number of hydrogen-bond acceptors (Lipinski definition) is 1. The minimum atomic E-state index is -0.431. The lowest BCUT2D eigenvalue weighted by Crippen LogP contribution is -2.11. The molecule has 1 aliphatic rings. The van der Waals surface area contributed by atoms with Crippen LogP contribution >= 0.6 is 11.6 Å². The van der Waals surface area contributed by atoms with Crippen LogP contribution < -0.4 is 0 Å². The third-order valence-electron chi connectivity index (χ3n) is 5.03. The van der Waals surface area contributed by atoms with E-state index in [0.717, 1.165) is 17.2 Å². The van der Waals surface area contributed by atoms with Crippen molar-refractivity contribution in [2.75, 3.05) is 0 Å². The molecule has 1 aromatic heterocycles. The zero-order valence-corrected chi connectivity index (χ0v) is 16.5. The summed E-state index contributed by atoms with van der Waals surface area (Å²) in [5.41, 5.74) is 2.33. The lowest BCUT2D eigenvalue weighted by molar-refractivity contribution is 0.364. The summed E-state index contributed by atoms with van der Waals surface area (Å²) in [6, 6.07) is 8.55. The van der Waals surface area contributed by atoms with Gasteiger partial charge in [-0.25, -0.2) is 4.39 Å². The minimum absolute atomic E-state index is 0.122. The fourth-order valence-electron chi connectivity index (χ4n) is 3.39. The number of aromatic nitrogens is 1. The average molecular weight is 382 g/mol. The SMILES string of the molecule is CCC/C=C/[C@H]1CC[C@H](C#Cc2ccc(-c3ccc(Cl)c(F)c3)nc2)CC1. The first-order chi connectivity index (χ1) is 13.2. The quantitative estimate of drug-likeness (QED) is 0.408. The summed E-state index contributed by atoms with van der Waals surface area (Å²) in [5.74, 6) is 7.44. The van der Waals surface area contributed by atoms with Gasteiger partial charge >= 0.3 is 0 Å². The molecule has 1 aliphatic carbocycles. The van der Waals surface area contributed by atoms with E-state index in [-0.39, 0.29) is 5.02 Å². The first-order valence-corrected chi connectivity index (χ1v) is 10.1. The molecule has 1 aromatic carbocycles. The third-order valence-corrected chi connectivity index (χ3v) is 5.34. The highest BCUT2D eigenvalue weighted by Crippen LogP contribution is 2.29. The van der Waals surface area contributed by atoms with E-state index in [9.17, 15) is 4.39 Å². The highest BCUT2D eigenvalue weighted by atomic mass is 35.5. The highest BCUT2D eigenvalue weighted by Gasteiger charge is 2.17. The van der Waals surface area contributed by atoms with Crippen molar-refractivity contribution in [3.05, 3.63) is 65.1 Å². The number of allylic oxidation sites excluding steroid dienone is 2. The molecule has 1 nitrogen and oxygen atoms in total. The summed E-state index contributed by atoms with van der Waals surface area (Å²) in [6.07, 6.45) is 13.7. The molecule has 0 atom stereocenters. The van der Waals surface area contributed by atoms with Crippen molar-refractivity contribution >= 4 is 11.6 Å². The van der Waals surface area contributed by atoms with Gasteiger partial charge in [0, 0.05) is 23.2 Å². The maximum atomic E-state index is 13.6. The maximum absolute atomic E-state index is 13.6. The van der Waals surface area contributed by atoms with E-state index in [1.165, 1.54) is 44.6 Å². The van der Waals surface area contributed by atoms with Gasteiger partial charge in [-0.05, 0) is 62.3 Å². The van der Waals surface area contributed by atoms with Gasteiger partial charge in [0.05, 0.1) is 10.7 Å². The Bertz CT molecular complexity index is 837. The molecule has 0 spiro atoms. The second-order valence-corrected chi connectivity index (χ2v) is 7.57. The van der Waals surface area contributed by atoms with E-state index >= 15 is 0 Å². The van der Waals surface area contributed by atoms with Crippen LogP contribution in [0, 0.1) is 29.5 Å². The number of unbranched alkanes of at least 4 members (excludes halogenated alkanes) is 1. The monoisotopic (exact) mass is 381 g/mol.